The molecule has 2 heteroatoms. The molecule has 2 aliphatic heterocycles. The molecule has 0 spiro atoms. The SMILES string of the molecule is C[C@@H]1CCC[C@@H]2C[C@H]3CCCC[C@@H]3OC[NH+]21. The Hall–Kier alpha value is -0.0800. The van der Waals surface area contributed by atoms with E-state index in [1.165, 1.54) is 51.4 Å². The van der Waals surface area contributed by atoms with Gasteiger partial charge in [0.05, 0.1) is 18.2 Å². The van der Waals surface area contributed by atoms with Crippen molar-refractivity contribution in [3.63, 3.8) is 0 Å². The van der Waals surface area contributed by atoms with Crippen molar-refractivity contribution in [1.82, 2.24) is 0 Å². The van der Waals surface area contributed by atoms with Crippen molar-refractivity contribution in [1.29, 1.82) is 0 Å². The molecule has 3 aliphatic rings. The van der Waals surface area contributed by atoms with Crippen LogP contribution in [0.15, 0.2) is 0 Å². The number of fused-ring (bicyclic) bond motifs is 2. The van der Waals surface area contributed by atoms with Crippen molar-refractivity contribution in [2.45, 2.75) is 76.5 Å². The molecule has 0 aromatic carbocycles. The first-order chi connectivity index (χ1) is 7.84. The highest BCUT2D eigenvalue weighted by molar-refractivity contribution is 4.81. The molecule has 0 amide bonds. The quantitative estimate of drug-likeness (QED) is 0.662. The van der Waals surface area contributed by atoms with E-state index in [1.54, 1.807) is 4.90 Å². The number of hydrogen-bond donors (Lipinski definition) is 1. The maximum Gasteiger partial charge on any atom is 0.182 e. The molecule has 0 aromatic heterocycles. The Kier molecular flexibility index (Phi) is 3.21. The zero-order valence-electron chi connectivity index (χ0n) is 10.6. The van der Waals surface area contributed by atoms with Gasteiger partial charge >= 0.3 is 0 Å². The van der Waals surface area contributed by atoms with E-state index in [-0.39, 0.29) is 0 Å². The predicted octanol–water partition coefficient (Wildman–Crippen LogP) is 1.75. The van der Waals surface area contributed by atoms with Gasteiger partial charge in [0.15, 0.2) is 6.73 Å². The minimum absolute atomic E-state index is 0.610. The van der Waals surface area contributed by atoms with Crippen molar-refractivity contribution >= 4 is 0 Å². The Morgan fingerprint density at radius 2 is 1.88 bits per heavy atom. The van der Waals surface area contributed by atoms with Crippen molar-refractivity contribution in [2.24, 2.45) is 5.92 Å². The number of ether oxygens (including phenoxy) is 1. The fraction of sp³-hybridized carbons (Fsp3) is 1.00. The van der Waals surface area contributed by atoms with Crippen LogP contribution in [0.25, 0.3) is 0 Å². The van der Waals surface area contributed by atoms with Crippen LogP contribution in [0.2, 0.25) is 0 Å². The fourth-order valence-electron chi connectivity index (χ4n) is 4.20. The van der Waals surface area contributed by atoms with Gasteiger partial charge in [-0.3, -0.25) is 0 Å². The Balaban J connectivity index is 1.72. The molecule has 3 fully saturated rings. The lowest BCUT2D eigenvalue weighted by Crippen LogP contribution is -3.19. The maximum atomic E-state index is 6.21. The lowest BCUT2D eigenvalue weighted by atomic mass is 9.80. The Bertz CT molecular complexity index is 243. The van der Waals surface area contributed by atoms with Crippen LogP contribution in [0.5, 0.6) is 0 Å². The van der Waals surface area contributed by atoms with Gasteiger partial charge in [-0.05, 0) is 44.9 Å². The lowest BCUT2D eigenvalue weighted by molar-refractivity contribution is -0.969. The number of piperidine rings is 1. The lowest BCUT2D eigenvalue weighted by Gasteiger charge is -2.36. The molecule has 16 heavy (non-hydrogen) atoms. The molecule has 0 radical (unpaired) electrons. The summed E-state index contributed by atoms with van der Waals surface area (Å²) in [4.78, 5) is 1.76. The average molecular weight is 224 g/mol. The highest BCUT2D eigenvalue weighted by atomic mass is 16.5. The van der Waals surface area contributed by atoms with Crippen molar-refractivity contribution in [2.75, 3.05) is 6.73 Å². The van der Waals surface area contributed by atoms with Gasteiger partial charge in [0.2, 0.25) is 0 Å². The normalized spacial score (nSPS) is 48.9. The first kappa shape index (κ1) is 11.0. The largest absolute Gasteiger partial charge is 0.328 e. The highest BCUT2D eigenvalue weighted by Gasteiger charge is 2.40. The summed E-state index contributed by atoms with van der Waals surface area (Å²) in [6.45, 7) is 3.41. The molecule has 1 saturated carbocycles. The van der Waals surface area contributed by atoms with Crippen LogP contribution in [0.3, 0.4) is 0 Å². The van der Waals surface area contributed by atoms with Crippen LogP contribution in [0.1, 0.15) is 58.3 Å². The molecule has 92 valence electrons. The second-order valence-electron chi connectivity index (χ2n) is 6.23. The first-order valence-corrected chi connectivity index (χ1v) is 7.32. The summed E-state index contributed by atoms with van der Waals surface area (Å²) < 4.78 is 6.21. The van der Waals surface area contributed by atoms with E-state index in [4.69, 9.17) is 4.74 Å². The summed E-state index contributed by atoms with van der Waals surface area (Å²) in [6, 6.07) is 1.75. The minimum Gasteiger partial charge on any atom is -0.328 e. The van der Waals surface area contributed by atoms with Crippen LogP contribution in [0, 0.1) is 5.92 Å². The van der Waals surface area contributed by atoms with E-state index in [9.17, 15) is 0 Å². The fourth-order valence-corrected chi connectivity index (χ4v) is 4.20. The zero-order chi connectivity index (χ0) is 11.0. The van der Waals surface area contributed by atoms with Crippen molar-refractivity contribution < 1.29 is 9.64 Å². The molecule has 0 bridgehead atoms. The van der Waals surface area contributed by atoms with Crippen LogP contribution in [-0.2, 0) is 4.74 Å². The van der Waals surface area contributed by atoms with Crippen molar-refractivity contribution in [3.8, 4) is 0 Å². The monoisotopic (exact) mass is 224 g/mol. The Morgan fingerprint density at radius 1 is 1.00 bits per heavy atom. The molecule has 1 N–H and O–H groups in total. The number of quaternary nitrogens is 1. The molecule has 0 aromatic rings. The van der Waals surface area contributed by atoms with Crippen LogP contribution in [-0.4, -0.2) is 24.9 Å². The third kappa shape index (κ3) is 2.02. The van der Waals surface area contributed by atoms with Gasteiger partial charge in [-0.2, -0.15) is 0 Å². The van der Waals surface area contributed by atoms with E-state index >= 15 is 0 Å². The Labute approximate surface area is 99.3 Å². The van der Waals surface area contributed by atoms with E-state index in [1.807, 2.05) is 0 Å². The smallest absolute Gasteiger partial charge is 0.182 e. The predicted molar refractivity (Wildman–Crippen MR) is 64.4 cm³/mol. The van der Waals surface area contributed by atoms with Gasteiger partial charge in [-0.25, -0.2) is 0 Å². The first-order valence-electron chi connectivity index (χ1n) is 7.32. The van der Waals surface area contributed by atoms with Crippen molar-refractivity contribution in [3.05, 3.63) is 0 Å². The molecular weight excluding hydrogens is 198 g/mol. The summed E-state index contributed by atoms with van der Waals surface area (Å²) in [7, 11) is 0. The molecule has 1 unspecified atom stereocenters. The van der Waals surface area contributed by atoms with Crippen LogP contribution >= 0.6 is 0 Å². The molecule has 2 heterocycles. The molecule has 2 nitrogen and oxygen atoms in total. The number of hydrogen-bond acceptors (Lipinski definition) is 1. The molecule has 3 rings (SSSR count). The molecule has 1 aliphatic carbocycles. The average Bonchev–Trinajstić information content (AvgIpc) is 2.48. The van der Waals surface area contributed by atoms with Crippen LogP contribution < -0.4 is 4.90 Å². The molecular formula is C14H26NO+. The van der Waals surface area contributed by atoms with E-state index in [0.29, 0.717) is 6.10 Å². The standard InChI is InChI=1S/C14H25NO/c1-11-5-4-7-13-9-12-6-2-3-8-14(12)16-10-15(11)13/h11-14H,2-10H2,1H3/p+1/t11-,12-,13-,14+/m1/s1. The summed E-state index contributed by atoms with van der Waals surface area (Å²) in [5.74, 6) is 0.890. The van der Waals surface area contributed by atoms with Gasteiger partial charge in [0.25, 0.3) is 0 Å². The summed E-state index contributed by atoms with van der Waals surface area (Å²) >= 11 is 0. The second kappa shape index (κ2) is 4.66. The minimum atomic E-state index is 0.610. The van der Waals surface area contributed by atoms with Gasteiger partial charge < -0.3 is 9.64 Å². The van der Waals surface area contributed by atoms with Gasteiger partial charge in [-0.1, -0.05) is 12.8 Å². The van der Waals surface area contributed by atoms with Gasteiger partial charge in [-0.15, -0.1) is 0 Å². The summed E-state index contributed by atoms with van der Waals surface area (Å²) in [5.41, 5.74) is 0. The van der Waals surface area contributed by atoms with E-state index < -0.39 is 0 Å². The van der Waals surface area contributed by atoms with E-state index in [0.717, 1.165) is 24.7 Å². The summed E-state index contributed by atoms with van der Waals surface area (Å²) in [5, 5.41) is 0. The second-order valence-corrected chi connectivity index (χ2v) is 6.23. The molecule has 2 saturated heterocycles. The third-order valence-corrected chi connectivity index (χ3v) is 5.24. The van der Waals surface area contributed by atoms with Gasteiger partial charge in [0, 0.05) is 6.42 Å². The summed E-state index contributed by atoms with van der Waals surface area (Å²) in [6.07, 6.45) is 12.0. The Morgan fingerprint density at radius 3 is 2.81 bits per heavy atom. The topological polar surface area (TPSA) is 13.7 Å². The highest BCUT2D eigenvalue weighted by Crippen LogP contribution is 2.32. The third-order valence-electron chi connectivity index (χ3n) is 5.24. The van der Waals surface area contributed by atoms with Crippen LogP contribution in [0.4, 0.5) is 0 Å². The van der Waals surface area contributed by atoms with E-state index in [2.05, 4.69) is 6.92 Å². The maximum absolute atomic E-state index is 6.21. The zero-order valence-corrected chi connectivity index (χ0v) is 10.6. The molecule has 5 atom stereocenters. The van der Waals surface area contributed by atoms with Gasteiger partial charge in [0.1, 0.15) is 0 Å². The number of rotatable bonds is 0. The number of nitrogens with one attached hydrogen (secondary N) is 1.